The van der Waals surface area contributed by atoms with Gasteiger partial charge in [0.2, 0.25) is 18.6 Å². The van der Waals surface area contributed by atoms with E-state index in [-0.39, 0.29) is 25.0 Å². The molecule has 182 valence electrons. The fraction of sp³-hybridized carbons (Fsp3) is 0.286. The molecule has 1 aliphatic rings. The van der Waals surface area contributed by atoms with Crippen LogP contribution in [0.25, 0.3) is 0 Å². The Balaban J connectivity index is 1.57. The Morgan fingerprint density at radius 2 is 1.66 bits per heavy atom. The number of nitrogens with zero attached hydrogens (tertiary/aromatic N) is 1. The van der Waals surface area contributed by atoms with E-state index in [1.807, 2.05) is 79.7 Å². The summed E-state index contributed by atoms with van der Waals surface area (Å²) >= 11 is 3.47. The minimum absolute atomic E-state index is 0.0715. The van der Waals surface area contributed by atoms with Gasteiger partial charge in [-0.2, -0.15) is 0 Å². The monoisotopic (exact) mass is 536 g/mol. The third-order valence-electron chi connectivity index (χ3n) is 5.95. The first kappa shape index (κ1) is 24.8. The van der Waals surface area contributed by atoms with E-state index in [0.717, 1.165) is 26.9 Å². The summed E-state index contributed by atoms with van der Waals surface area (Å²) in [4.78, 5) is 28.6. The highest BCUT2D eigenvalue weighted by Crippen LogP contribution is 2.33. The molecule has 3 aromatic carbocycles. The maximum Gasteiger partial charge on any atom is 0.243 e. The third-order valence-corrected chi connectivity index (χ3v) is 6.48. The summed E-state index contributed by atoms with van der Waals surface area (Å²) in [5, 5.41) is 2.93. The Morgan fingerprint density at radius 1 is 0.943 bits per heavy atom. The van der Waals surface area contributed by atoms with Crippen molar-refractivity contribution in [3.05, 3.63) is 94.0 Å². The van der Waals surface area contributed by atoms with Crippen LogP contribution in [-0.2, 0) is 29.0 Å². The lowest BCUT2D eigenvalue weighted by Crippen LogP contribution is -2.50. The summed E-state index contributed by atoms with van der Waals surface area (Å²) in [6.45, 7) is 2.95. The highest BCUT2D eigenvalue weighted by atomic mass is 79.9. The number of benzene rings is 3. The molecule has 2 amide bonds. The fourth-order valence-corrected chi connectivity index (χ4v) is 4.39. The van der Waals surface area contributed by atoms with E-state index in [1.165, 1.54) is 0 Å². The summed E-state index contributed by atoms with van der Waals surface area (Å²) in [5.74, 6) is 1.20. The van der Waals surface area contributed by atoms with Crippen LogP contribution in [-0.4, -0.2) is 36.1 Å². The van der Waals surface area contributed by atoms with Gasteiger partial charge in [0.05, 0.1) is 0 Å². The molecule has 1 atom stereocenters. The lowest BCUT2D eigenvalue weighted by Gasteiger charge is -2.31. The molecule has 0 spiro atoms. The van der Waals surface area contributed by atoms with Crippen molar-refractivity contribution in [2.45, 2.75) is 38.8 Å². The normalized spacial score (nSPS) is 12.7. The van der Waals surface area contributed by atoms with Gasteiger partial charge in [-0.15, -0.1) is 0 Å². The second-order valence-electron chi connectivity index (χ2n) is 8.44. The van der Waals surface area contributed by atoms with Crippen molar-refractivity contribution < 1.29 is 19.1 Å². The van der Waals surface area contributed by atoms with Gasteiger partial charge in [-0.3, -0.25) is 9.59 Å². The number of fused-ring (bicyclic) bond motifs is 1. The molecule has 0 aliphatic carbocycles. The molecule has 1 heterocycles. The number of aryl methyl sites for hydroxylation is 1. The van der Waals surface area contributed by atoms with Crippen LogP contribution in [0.1, 0.15) is 30.0 Å². The maximum absolute atomic E-state index is 13.6. The number of ether oxygens (including phenoxy) is 2. The largest absolute Gasteiger partial charge is 0.454 e. The molecule has 6 nitrogen and oxygen atoms in total. The number of rotatable bonds is 10. The van der Waals surface area contributed by atoms with Crippen LogP contribution in [0.5, 0.6) is 11.5 Å². The lowest BCUT2D eigenvalue weighted by atomic mass is 10.0. The Morgan fingerprint density at radius 3 is 2.40 bits per heavy atom. The summed E-state index contributed by atoms with van der Waals surface area (Å²) in [6.07, 6.45) is 1.26. The molecular formula is C28H29BrN2O4. The minimum atomic E-state index is -0.620. The molecule has 1 aliphatic heterocycles. The van der Waals surface area contributed by atoms with Crippen LogP contribution in [0.2, 0.25) is 0 Å². The zero-order chi connectivity index (χ0) is 24.6. The number of carbonyl (C=O) groups is 2. The molecule has 7 heteroatoms. The van der Waals surface area contributed by atoms with Gasteiger partial charge in [0, 0.05) is 30.4 Å². The third kappa shape index (κ3) is 6.63. The number of hydrogen-bond donors (Lipinski definition) is 1. The first-order valence-corrected chi connectivity index (χ1v) is 12.6. The van der Waals surface area contributed by atoms with Crippen LogP contribution < -0.4 is 14.8 Å². The fourth-order valence-electron chi connectivity index (χ4n) is 4.12. The van der Waals surface area contributed by atoms with Crippen LogP contribution in [0.4, 0.5) is 0 Å². The summed E-state index contributed by atoms with van der Waals surface area (Å²) in [7, 11) is 0. The summed E-state index contributed by atoms with van der Waals surface area (Å²) in [5.41, 5.74) is 2.96. The topological polar surface area (TPSA) is 67.9 Å². The maximum atomic E-state index is 13.6. The number of carbonyl (C=O) groups excluding carboxylic acids is 2. The SMILES string of the molecule is CCNC(=O)[C@H](Cc1ccccc1)N(Cc1ccc(Br)cc1)C(=O)CCc1ccc2c(c1)OCO2. The number of halogens is 1. The molecule has 0 fully saturated rings. The zero-order valence-corrected chi connectivity index (χ0v) is 21.3. The van der Waals surface area contributed by atoms with Gasteiger partial charge < -0.3 is 19.7 Å². The van der Waals surface area contributed by atoms with Gasteiger partial charge in [-0.1, -0.05) is 64.5 Å². The van der Waals surface area contributed by atoms with Gasteiger partial charge >= 0.3 is 0 Å². The highest BCUT2D eigenvalue weighted by Gasteiger charge is 2.30. The van der Waals surface area contributed by atoms with Crippen LogP contribution in [0.3, 0.4) is 0 Å². The lowest BCUT2D eigenvalue weighted by molar-refractivity contribution is -0.141. The molecule has 0 saturated heterocycles. The molecule has 0 unspecified atom stereocenters. The number of likely N-dealkylation sites (N-methyl/N-ethyl adjacent to an activating group) is 1. The first-order chi connectivity index (χ1) is 17.0. The van der Waals surface area contributed by atoms with E-state index in [0.29, 0.717) is 31.7 Å². The molecule has 4 rings (SSSR count). The summed E-state index contributed by atoms with van der Waals surface area (Å²) in [6, 6.07) is 22.8. The standard InChI is InChI=1S/C28H29BrN2O4/c1-2-30-28(33)24(16-20-6-4-3-5-7-20)31(18-22-8-12-23(29)13-9-22)27(32)15-11-21-10-14-25-26(17-21)35-19-34-25/h3-10,12-14,17,24H,2,11,15-16,18-19H2,1H3,(H,30,33)/t24-/m0/s1. The van der Waals surface area contributed by atoms with E-state index in [2.05, 4.69) is 21.2 Å². The van der Waals surface area contributed by atoms with E-state index >= 15 is 0 Å². The van der Waals surface area contributed by atoms with Crippen LogP contribution in [0, 0.1) is 0 Å². The van der Waals surface area contributed by atoms with E-state index < -0.39 is 6.04 Å². The van der Waals surface area contributed by atoms with Crippen molar-refractivity contribution in [2.75, 3.05) is 13.3 Å². The molecule has 0 aromatic heterocycles. The van der Waals surface area contributed by atoms with Crippen molar-refractivity contribution >= 4 is 27.7 Å². The predicted molar refractivity (Wildman–Crippen MR) is 138 cm³/mol. The van der Waals surface area contributed by atoms with Crippen molar-refractivity contribution in [1.82, 2.24) is 10.2 Å². The number of amides is 2. The molecule has 0 bridgehead atoms. The van der Waals surface area contributed by atoms with Gasteiger partial charge in [0.25, 0.3) is 0 Å². The van der Waals surface area contributed by atoms with Crippen LogP contribution >= 0.6 is 15.9 Å². The first-order valence-electron chi connectivity index (χ1n) is 11.8. The second kappa shape index (κ2) is 11.9. The van der Waals surface area contributed by atoms with Crippen molar-refractivity contribution in [3.63, 3.8) is 0 Å². The van der Waals surface area contributed by atoms with Gasteiger partial charge in [-0.25, -0.2) is 0 Å². The smallest absolute Gasteiger partial charge is 0.243 e. The predicted octanol–water partition coefficient (Wildman–Crippen LogP) is 4.89. The Hall–Kier alpha value is -3.32. The van der Waals surface area contributed by atoms with Crippen molar-refractivity contribution in [1.29, 1.82) is 0 Å². The van der Waals surface area contributed by atoms with Crippen molar-refractivity contribution in [2.24, 2.45) is 0 Å². The zero-order valence-electron chi connectivity index (χ0n) is 19.7. The number of nitrogens with one attached hydrogen (secondary N) is 1. The van der Waals surface area contributed by atoms with Crippen LogP contribution in [0.15, 0.2) is 77.3 Å². The van der Waals surface area contributed by atoms with Gasteiger partial charge in [-0.05, 0) is 54.3 Å². The summed E-state index contributed by atoms with van der Waals surface area (Å²) < 4.78 is 11.8. The molecule has 3 aromatic rings. The Labute approximate surface area is 214 Å². The molecular weight excluding hydrogens is 508 g/mol. The quantitative estimate of drug-likeness (QED) is 0.400. The molecule has 0 radical (unpaired) electrons. The van der Waals surface area contributed by atoms with Gasteiger partial charge in [0.1, 0.15) is 6.04 Å². The Kier molecular flexibility index (Phi) is 8.42. The van der Waals surface area contributed by atoms with E-state index in [1.54, 1.807) is 4.90 Å². The second-order valence-corrected chi connectivity index (χ2v) is 9.35. The molecule has 1 N–H and O–H groups in total. The highest BCUT2D eigenvalue weighted by molar-refractivity contribution is 9.10. The Bertz CT molecular complexity index is 1150. The number of hydrogen-bond acceptors (Lipinski definition) is 4. The average molecular weight is 537 g/mol. The molecule has 35 heavy (non-hydrogen) atoms. The minimum Gasteiger partial charge on any atom is -0.454 e. The van der Waals surface area contributed by atoms with E-state index in [4.69, 9.17) is 9.47 Å². The average Bonchev–Trinajstić information content (AvgIpc) is 3.34. The van der Waals surface area contributed by atoms with Gasteiger partial charge in [0.15, 0.2) is 11.5 Å². The molecule has 0 saturated carbocycles. The van der Waals surface area contributed by atoms with E-state index in [9.17, 15) is 9.59 Å². The van der Waals surface area contributed by atoms with Crippen molar-refractivity contribution in [3.8, 4) is 11.5 Å².